The van der Waals surface area contributed by atoms with Crippen molar-refractivity contribution in [2.45, 2.75) is 25.9 Å². The van der Waals surface area contributed by atoms with Crippen LogP contribution in [0.15, 0.2) is 21.2 Å². The highest BCUT2D eigenvalue weighted by molar-refractivity contribution is 9.10. The van der Waals surface area contributed by atoms with Gasteiger partial charge < -0.3 is 9.52 Å². The molecule has 2 unspecified atom stereocenters. The number of hydrogen-bond acceptors (Lipinski definition) is 3. The molecule has 0 saturated carbocycles. The van der Waals surface area contributed by atoms with Crippen molar-refractivity contribution in [3.05, 3.63) is 22.6 Å². The molecule has 2 atom stereocenters. The Morgan fingerprint density at radius 1 is 1.69 bits per heavy atom. The Hall–Kier alpha value is -0.810. The smallest absolute Gasteiger partial charge is 0.321 e. The maximum Gasteiger partial charge on any atom is 0.321 e. The first-order valence-electron chi connectivity index (χ1n) is 5.29. The van der Waals surface area contributed by atoms with E-state index in [4.69, 9.17) is 9.52 Å². The lowest BCUT2D eigenvalue weighted by atomic mass is 10.0. The van der Waals surface area contributed by atoms with Crippen LogP contribution >= 0.6 is 15.9 Å². The second-order valence-electron chi connectivity index (χ2n) is 4.23. The van der Waals surface area contributed by atoms with Gasteiger partial charge in [-0.3, -0.25) is 9.69 Å². The van der Waals surface area contributed by atoms with Gasteiger partial charge in [0.15, 0.2) is 4.67 Å². The van der Waals surface area contributed by atoms with Gasteiger partial charge in [-0.2, -0.15) is 0 Å². The highest BCUT2D eigenvalue weighted by Crippen LogP contribution is 2.26. The van der Waals surface area contributed by atoms with E-state index in [1.165, 1.54) is 0 Å². The fourth-order valence-corrected chi connectivity index (χ4v) is 2.58. The maximum atomic E-state index is 11.1. The van der Waals surface area contributed by atoms with Crippen molar-refractivity contribution in [2.75, 3.05) is 6.54 Å². The minimum atomic E-state index is -0.740. The zero-order chi connectivity index (χ0) is 11.7. The second kappa shape index (κ2) is 4.59. The first-order chi connectivity index (χ1) is 7.58. The summed E-state index contributed by atoms with van der Waals surface area (Å²) in [5, 5.41) is 9.16. The molecular weight excluding hydrogens is 274 g/mol. The van der Waals surface area contributed by atoms with Gasteiger partial charge in [0.2, 0.25) is 0 Å². The summed E-state index contributed by atoms with van der Waals surface area (Å²) in [5.41, 5.74) is 0. The highest BCUT2D eigenvalue weighted by atomic mass is 79.9. The van der Waals surface area contributed by atoms with Crippen molar-refractivity contribution in [2.24, 2.45) is 5.92 Å². The second-order valence-corrected chi connectivity index (χ2v) is 5.01. The molecule has 1 aliphatic rings. The average Bonchev–Trinajstić information content (AvgIpc) is 2.74. The maximum absolute atomic E-state index is 11.1. The van der Waals surface area contributed by atoms with Crippen molar-refractivity contribution in [3.8, 4) is 0 Å². The Morgan fingerprint density at radius 3 is 3.00 bits per heavy atom. The van der Waals surface area contributed by atoms with Gasteiger partial charge in [0.1, 0.15) is 11.8 Å². The van der Waals surface area contributed by atoms with E-state index in [1.54, 1.807) is 0 Å². The Labute approximate surface area is 102 Å². The molecule has 88 valence electrons. The number of likely N-dealkylation sites (tertiary alicyclic amines) is 1. The summed E-state index contributed by atoms with van der Waals surface area (Å²) in [6, 6.07) is 3.31. The number of furan rings is 1. The van der Waals surface area contributed by atoms with Crippen molar-refractivity contribution in [3.63, 3.8) is 0 Å². The van der Waals surface area contributed by atoms with Gasteiger partial charge in [-0.1, -0.05) is 6.92 Å². The molecule has 0 aliphatic carbocycles. The fraction of sp³-hybridized carbons (Fsp3) is 0.545. The van der Waals surface area contributed by atoms with E-state index in [2.05, 4.69) is 15.9 Å². The Balaban J connectivity index is 2.07. The lowest BCUT2D eigenvalue weighted by molar-refractivity contribution is -0.143. The number of carboxylic acid groups (broad SMARTS) is 1. The molecule has 2 heterocycles. The SMILES string of the molecule is CC1CCN(Cc2ccc(Br)o2)C1C(=O)O. The highest BCUT2D eigenvalue weighted by Gasteiger charge is 2.36. The van der Waals surface area contributed by atoms with Crippen LogP contribution in [0.1, 0.15) is 19.1 Å². The molecule has 16 heavy (non-hydrogen) atoms. The van der Waals surface area contributed by atoms with Crippen LogP contribution in [0.2, 0.25) is 0 Å². The van der Waals surface area contributed by atoms with Crippen LogP contribution in [0.5, 0.6) is 0 Å². The zero-order valence-corrected chi connectivity index (χ0v) is 10.6. The van der Waals surface area contributed by atoms with Crippen LogP contribution in [-0.2, 0) is 11.3 Å². The lowest BCUT2D eigenvalue weighted by Crippen LogP contribution is -2.38. The van der Waals surface area contributed by atoms with Gasteiger partial charge >= 0.3 is 5.97 Å². The monoisotopic (exact) mass is 287 g/mol. The molecule has 0 bridgehead atoms. The first kappa shape index (κ1) is 11.7. The molecule has 1 N–H and O–H groups in total. The molecule has 1 fully saturated rings. The van der Waals surface area contributed by atoms with Crippen molar-refractivity contribution < 1.29 is 14.3 Å². The number of hydrogen-bond donors (Lipinski definition) is 1. The van der Waals surface area contributed by atoms with Crippen LogP contribution in [-0.4, -0.2) is 28.6 Å². The van der Waals surface area contributed by atoms with E-state index in [1.807, 2.05) is 24.0 Å². The van der Waals surface area contributed by atoms with E-state index >= 15 is 0 Å². The third-order valence-corrected chi connectivity index (χ3v) is 3.47. The molecule has 0 spiro atoms. The molecule has 1 saturated heterocycles. The normalized spacial score (nSPS) is 26.1. The number of aliphatic carboxylic acids is 1. The number of carboxylic acids is 1. The summed E-state index contributed by atoms with van der Waals surface area (Å²) in [6.07, 6.45) is 0.929. The summed E-state index contributed by atoms with van der Waals surface area (Å²) in [4.78, 5) is 13.1. The van der Waals surface area contributed by atoms with Crippen LogP contribution in [0.4, 0.5) is 0 Å². The van der Waals surface area contributed by atoms with E-state index in [0.29, 0.717) is 11.2 Å². The van der Waals surface area contributed by atoms with Gasteiger partial charge in [-0.05, 0) is 46.9 Å². The first-order valence-corrected chi connectivity index (χ1v) is 6.08. The lowest BCUT2D eigenvalue weighted by Gasteiger charge is -2.21. The van der Waals surface area contributed by atoms with Gasteiger partial charge in [0.25, 0.3) is 0 Å². The standard InChI is InChI=1S/C11H14BrNO3/c1-7-4-5-13(10(7)11(14)15)6-8-2-3-9(12)16-8/h2-3,7,10H,4-6H2,1H3,(H,14,15). The summed E-state index contributed by atoms with van der Waals surface area (Å²) >= 11 is 3.24. The van der Waals surface area contributed by atoms with E-state index in [0.717, 1.165) is 18.7 Å². The van der Waals surface area contributed by atoms with Gasteiger partial charge in [-0.25, -0.2) is 0 Å². The fourth-order valence-electron chi connectivity index (χ4n) is 2.24. The quantitative estimate of drug-likeness (QED) is 0.927. The van der Waals surface area contributed by atoms with Crippen molar-refractivity contribution in [1.29, 1.82) is 0 Å². The molecule has 4 nitrogen and oxygen atoms in total. The molecule has 1 aromatic rings. The van der Waals surface area contributed by atoms with Gasteiger partial charge in [0, 0.05) is 0 Å². The average molecular weight is 288 g/mol. The molecular formula is C11H14BrNO3. The number of nitrogens with zero attached hydrogens (tertiary/aromatic N) is 1. The van der Waals surface area contributed by atoms with Crippen molar-refractivity contribution >= 4 is 21.9 Å². The number of rotatable bonds is 3. The molecule has 1 aromatic heterocycles. The van der Waals surface area contributed by atoms with E-state index < -0.39 is 5.97 Å². The van der Waals surface area contributed by atoms with Crippen molar-refractivity contribution in [1.82, 2.24) is 4.90 Å². The van der Waals surface area contributed by atoms with E-state index in [9.17, 15) is 4.79 Å². The predicted octanol–water partition coefficient (Wildman–Crippen LogP) is 2.34. The predicted molar refractivity (Wildman–Crippen MR) is 62.0 cm³/mol. The number of halogens is 1. The van der Waals surface area contributed by atoms with Gasteiger partial charge in [0.05, 0.1) is 6.54 Å². The summed E-state index contributed by atoms with van der Waals surface area (Å²) in [6.45, 7) is 3.36. The minimum Gasteiger partial charge on any atom is -0.480 e. The van der Waals surface area contributed by atoms with Crippen LogP contribution in [0, 0.1) is 5.92 Å². The topological polar surface area (TPSA) is 53.7 Å². The largest absolute Gasteiger partial charge is 0.480 e. The molecule has 0 radical (unpaired) electrons. The van der Waals surface area contributed by atoms with Crippen LogP contribution < -0.4 is 0 Å². The minimum absolute atomic E-state index is 0.205. The third-order valence-electron chi connectivity index (χ3n) is 3.04. The third kappa shape index (κ3) is 2.30. The van der Waals surface area contributed by atoms with Crippen LogP contribution in [0.3, 0.4) is 0 Å². The zero-order valence-electron chi connectivity index (χ0n) is 9.02. The molecule has 2 rings (SSSR count). The Bertz CT molecular complexity index is 390. The Morgan fingerprint density at radius 2 is 2.44 bits per heavy atom. The van der Waals surface area contributed by atoms with E-state index in [-0.39, 0.29) is 12.0 Å². The Kier molecular flexibility index (Phi) is 3.35. The molecule has 1 aliphatic heterocycles. The van der Waals surface area contributed by atoms with Gasteiger partial charge in [-0.15, -0.1) is 0 Å². The molecule has 0 amide bonds. The number of carbonyl (C=O) groups is 1. The summed E-state index contributed by atoms with van der Waals surface area (Å²) in [7, 11) is 0. The molecule has 5 heteroatoms. The molecule has 0 aromatic carbocycles. The van der Waals surface area contributed by atoms with Crippen LogP contribution in [0.25, 0.3) is 0 Å². The summed E-state index contributed by atoms with van der Waals surface area (Å²) in [5.74, 6) is 0.263. The summed E-state index contributed by atoms with van der Waals surface area (Å²) < 4.78 is 6.07.